The number of amides is 2. The summed E-state index contributed by atoms with van der Waals surface area (Å²) in [6.45, 7) is 9.96. The molecule has 0 aliphatic carbocycles. The van der Waals surface area contributed by atoms with Gasteiger partial charge in [-0.15, -0.1) is 0 Å². The Morgan fingerprint density at radius 3 is 2.27 bits per heavy atom. The number of ether oxygens (including phenoxy) is 1. The maximum Gasteiger partial charge on any atom is 0.410 e. The second kappa shape index (κ2) is 14.0. The number of rotatable bonds is 9. The van der Waals surface area contributed by atoms with Crippen molar-refractivity contribution in [3.05, 3.63) is 77.4 Å². The summed E-state index contributed by atoms with van der Waals surface area (Å²) in [6, 6.07) is 17.7. The van der Waals surface area contributed by atoms with Crippen molar-refractivity contribution in [3.8, 4) is 22.5 Å². The molecule has 2 fully saturated rings. The lowest BCUT2D eigenvalue weighted by atomic mass is 9.86. The van der Waals surface area contributed by atoms with E-state index in [1.54, 1.807) is 53.1 Å². The largest absolute Gasteiger partial charge is 0.455 e. The molecule has 10 nitrogen and oxygen atoms in total. The molecule has 12 heteroatoms. The number of aryl methyl sites for hydroxylation is 1. The molecule has 2 saturated heterocycles. The molecule has 52 heavy (non-hydrogen) atoms. The minimum Gasteiger partial charge on any atom is -0.455 e. The molecule has 2 aliphatic rings. The molecule has 0 N–H and O–H groups in total. The second-order valence-corrected chi connectivity index (χ2v) is 17.0. The fourth-order valence-corrected chi connectivity index (χ4v) is 8.24. The van der Waals surface area contributed by atoms with Crippen molar-refractivity contribution >= 4 is 44.5 Å². The Labute approximate surface area is 304 Å². The van der Waals surface area contributed by atoms with E-state index in [-0.39, 0.29) is 40.9 Å². The van der Waals surface area contributed by atoms with Crippen molar-refractivity contribution in [3.63, 3.8) is 0 Å². The van der Waals surface area contributed by atoms with E-state index in [9.17, 15) is 27.2 Å². The summed E-state index contributed by atoms with van der Waals surface area (Å²) in [5.74, 6) is 0.0267. The summed E-state index contributed by atoms with van der Waals surface area (Å²) < 4.78 is 53.0. The quantitative estimate of drug-likeness (QED) is 0.161. The van der Waals surface area contributed by atoms with Gasteiger partial charge in [-0.1, -0.05) is 48.9 Å². The molecular formula is C40H46FN3O7S. The van der Waals surface area contributed by atoms with Crippen LogP contribution in [-0.2, 0) is 14.8 Å². The predicted molar refractivity (Wildman–Crippen MR) is 200 cm³/mol. The minimum absolute atomic E-state index is 0.152. The molecule has 3 heterocycles. The molecule has 276 valence electrons. The Hall–Kier alpha value is -4.71. The van der Waals surface area contributed by atoms with Crippen LogP contribution in [0.25, 0.3) is 33.4 Å². The van der Waals surface area contributed by atoms with E-state index in [4.69, 9.17) is 9.15 Å². The van der Waals surface area contributed by atoms with Crippen LogP contribution < -0.4 is 4.31 Å². The smallest absolute Gasteiger partial charge is 0.410 e. The number of halogens is 1. The number of fused-ring (bicyclic) bond motifs is 1. The first kappa shape index (κ1) is 37.1. The number of hydrogen-bond acceptors (Lipinski definition) is 7. The molecule has 0 saturated carbocycles. The van der Waals surface area contributed by atoms with Gasteiger partial charge in [-0.05, 0) is 64.3 Å². The number of alkyl halides is 1. The Morgan fingerprint density at radius 2 is 1.63 bits per heavy atom. The van der Waals surface area contributed by atoms with E-state index in [1.807, 2.05) is 52.0 Å². The van der Waals surface area contributed by atoms with Crippen molar-refractivity contribution < 1.29 is 36.3 Å². The fourth-order valence-electron chi connectivity index (χ4n) is 7.33. The van der Waals surface area contributed by atoms with Gasteiger partial charge in [-0.2, -0.15) is 0 Å². The maximum absolute atomic E-state index is 14.0. The van der Waals surface area contributed by atoms with Gasteiger partial charge in [-0.25, -0.2) is 17.6 Å². The molecule has 2 aliphatic heterocycles. The third kappa shape index (κ3) is 7.44. The zero-order valence-corrected chi connectivity index (χ0v) is 31.4. The van der Waals surface area contributed by atoms with Gasteiger partial charge >= 0.3 is 6.09 Å². The maximum atomic E-state index is 14.0. The lowest BCUT2D eigenvalue weighted by Gasteiger charge is -2.27. The van der Waals surface area contributed by atoms with Crippen LogP contribution in [0.5, 0.6) is 0 Å². The fraction of sp³-hybridized carbons (Fsp3) is 0.425. The molecule has 1 spiro atoms. The predicted octanol–water partition coefficient (Wildman–Crippen LogP) is 7.88. The first-order valence-corrected chi connectivity index (χ1v) is 19.5. The van der Waals surface area contributed by atoms with Gasteiger partial charge < -0.3 is 19.0 Å². The lowest BCUT2D eigenvalue weighted by Crippen LogP contribution is -2.38. The summed E-state index contributed by atoms with van der Waals surface area (Å²) in [6.07, 6.45) is 2.39. The van der Waals surface area contributed by atoms with Crippen LogP contribution in [-0.4, -0.2) is 87.3 Å². The number of sulfonamides is 1. The van der Waals surface area contributed by atoms with Crippen LogP contribution in [0, 0.1) is 12.3 Å². The van der Waals surface area contributed by atoms with E-state index in [0.29, 0.717) is 65.1 Å². The van der Waals surface area contributed by atoms with Crippen LogP contribution in [0.15, 0.2) is 65.1 Å². The number of carbonyl (C=O) groups excluding carboxylic acids is 3. The number of likely N-dealkylation sites (tertiary alicyclic amines) is 2. The monoisotopic (exact) mass is 731 g/mol. The Bertz CT molecular complexity index is 2140. The number of ketones is 1. The summed E-state index contributed by atoms with van der Waals surface area (Å²) >= 11 is 0. The number of furan rings is 1. The molecule has 0 radical (unpaired) electrons. The average Bonchev–Trinajstić information content (AvgIpc) is 3.82. The first-order valence-electron chi connectivity index (χ1n) is 17.6. The highest BCUT2D eigenvalue weighted by atomic mass is 32.2. The molecule has 2 amide bonds. The van der Waals surface area contributed by atoms with Crippen LogP contribution in [0.2, 0.25) is 0 Å². The molecule has 6 rings (SSSR count). The lowest BCUT2D eigenvalue weighted by molar-refractivity contribution is 0.0274. The van der Waals surface area contributed by atoms with Crippen LogP contribution in [0.3, 0.4) is 0 Å². The minimum atomic E-state index is -3.96. The Morgan fingerprint density at radius 1 is 0.962 bits per heavy atom. The Kier molecular flexibility index (Phi) is 9.99. The third-order valence-electron chi connectivity index (χ3n) is 9.91. The molecule has 1 unspecified atom stereocenters. The zero-order valence-electron chi connectivity index (χ0n) is 30.6. The standard InChI is InChI=1S/C40H46FN3O7S/c1-7-33(45)35-31-22-30(32(44(20-17-41)52(6,48)49)23-34(31)50-36(35)27-13-11-26(2)12-14-27)28-9-8-10-29(21-28)37(46)42-18-15-40(24-42)16-19-43(25-40)38(47)51-39(3,4)5/h8-14,21-23H,7,15-20,24-25H2,1-6H3. The highest BCUT2D eigenvalue weighted by Gasteiger charge is 2.47. The van der Waals surface area contributed by atoms with E-state index in [1.165, 1.54) is 0 Å². The summed E-state index contributed by atoms with van der Waals surface area (Å²) in [7, 11) is -3.96. The summed E-state index contributed by atoms with van der Waals surface area (Å²) in [4.78, 5) is 43.8. The van der Waals surface area contributed by atoms with Gasteiger partial charge in [0.2, 0.25) is 10.0 Å². The summed E-state index contributed by atoms with van der Waals surface area (Å²) in [5, 5.41) is 0.490. The van der Waals surface area contributed by atoms with Gasteiger partial charge in [0.1, 0.15) is 23.6 Å². The van der Waals surface area contributed by atoms with Crippen LogP contribution in [0.1, 0.15) is 73.2 Å². The number of hydrogen-bond donors (Lipinski definition) is 0. The van der Waals surface area contributed by atoms with E-state index in [0.717, 1.165) is 29.0 Å². The molecule has 0 bridgehead atoms. The number of anilines is 1. The SMILES string of the molecule is CCC(=O)c1c(-c2ccc(C)cc2)oc2cc(N(CCF)S(C)(=O)=O)c(-c3cccc(C(=O)N4CCC5(CCN(C(=O)OC(C)(C)C)C5)C4)c3)cc12. The van der Waals surface area contributed by atoms with Crippen molar-refractivity contribution in [1.82, 2.24) is 9.80 Å². The van der Waals surface area contributed by atoms with Gasteiger partial charge in [-0.3, -0.25) is 13.9 Å². The highest BCUT2D eigenvalue weighted by molar-refractivity contribution is 7.92. The average molecular weight is 732 g/mol. The van der Waals surface area contributed by atoms with Gasteiger partial charge in [0.25, 0.3) is 5.91 Å². The normalized spacial score (nSPS) is 17.7. The second-order valence-electron chi connectivity index (χ2n) is 15.0. The summed E-state index contributed by atoms with van der Waals surface area (Å²) in [5.41, 5.74) is 3.06. The Balaban J connectivity index is 1.40. The zero-order chi connectivity index (χ0) is 37.6. The van der Waals surface area contributed by atoms with Gasteiger partial charge in [0, 0.05) is 66.2 Å². The first-order chi connectivity index (χ1) is 24.5. The van der Waals surface area contributed by atoms with E-state index in [2.05, 4.69) is 0 Å². The molecule has 3 aromatic carbocycles. The third-order valence-corrected chi connectivity index (χ3v) is 11.1. The van der Waals surface area contributed by atoms with Crippen molar-refractivity contribution in [2.24, 2.45) is 5.41 Å². The highest BCUT2D eigenvalue weighted by Crippen LogP contribution is 2.43. The van der Waals surface area contributed by atoms with E-state index >= 15 is 0 Å². The van der Waals surface area contributed by atoms with Crippen molar-refractivity contribution in [2.45, 2.75) is 59.5 Å². The molecule has 4 aromatic rings. The molecule has 1 atom stereocenters. The number of benzene rings is 3. The molecular weight excluding hydrogens is 686 g/mol. The van der Waals surface area contributed by atoms with Gasteiger partial charge in [0.15, 0.2) is 5.78 Å². The topological polar surface area (TPSA) is 117 Å². The van der Waals surface area contributed by atoms with E-state index < -0.39 is 28.8 Å². The molecule has 1 aromatic heterocycles. The van der Waals surface area contributed by atoms with Crippen LogP contribution in [0.4, 0.5) is 14.9 Å². The number of nitrogens with zero attached hydrogens (tertiary/aromatic N) is 3. The van der Waals surface area contributed by atoms with Gasteiger partial charge in [0.05, 0.1) is 24.1 Å². The van der Waals surface area contributed by atoms with Crippen molar-refractivity contribution in [2.75, 3.05) is 50.0 Å². The van der Waals surface area contributed by atoms with Crippen molar-refractivity contribution in [1.29, 1.82) is 0 Å². The number of carbonyl (C=O) groups is 3. The van der Waals surface area contributed by atoms with Crippen LogP contribution >= 0.6 is 0 Å². The number of Topliss-reactive ketones (excluding diaryl/α,β-unsaturated/α-hetero) is 1.